The van der Waals surface area contributed by atoms with E-state index >= 15 is 0 Å². The Morgan fingerprint density at radius 1 is 0.926 bits per heavy atom. The standard InChI is InChI=1S/C25H29NS/c1-15-11-10-13-18-21(15)26-16(2)20-17-12-8-9-14-19(17)27-22(20)25(26,7)24(5,6)23(18,3)4/h8-14,16H,1-7H3. The zero-order valence-corrected chi connectivity index (χ0v) is 18.3. The zero-order valence-electron chi connectivity index (χ0n) is 17.5. The highest BCUT2D eigenvalue weighted by Crippen LogP contribution is 2.69. The van der Waals surface area contributed by atoms with Crippen LogP contribution in [0.15, 0.2) is 42.5 Å². The van der Waals surface area contributed by atoms with Crippen LogP contribution in [0.2, 0.25) is 0 Å². The molecule has 27 heavy (non-hydrogen) atoms. The normalized spacial score (nSPS) is 27.4. The van der Waals surface area contributed by atoms with Crippen LogP contribution >= 0.6 is 11.3 Å². The number of rotatable bonds is 0. The maximum atomic E-state index is 2.76. The van der Waals surface area contributed by atoms with Gasteiger partial charge in [0.25, 0.3) is 0 Å². The number of thiophene rings is 1. The van der Waals surface area contributed by atoms with Crippen LogP contribution in [0.5, 0.6) is 0 Å². The number of hydrogen-bond acceptors (Lipinski definition) is 2. The Balaban J connectivity index is 1.94. The SMILES string of the molecule is Cc1cccc2c1N1C(C)c3c(sc4ccccc34)C1(C)C(C)(C)C2(C)C. The van der Waals surface area contributed by atoms with Gasteiger partial charge in [0.05, 0.1) is 11.6 Å². The first-order chi connectivity index (χ1) is 12.6. The van der Waals surface area contributed by atoms with E-state index in [9.17, 15) is 0 Å². The number of benzene rings is 2. The molecule has 3 aromatic rings. The second-order valence-electron chi connectivity index (χ2n) is 9.68. The summed E-state index contributed by atoms with van der Waals surface area (Å²) in [5.41, 5.74) is 6.05. The maximum Gasteiger partial charge on any atom is 0.0787 e. The van der Waals surface area contributed by atoms with Crippen molar-refractivity contribution < 1.29 is 0 Å². The third-order valence-corrected chi connectivity index (χ3v) is 9.69. The molecule has 5 rings (SSSR count). The number of nitrogens with zero attached hydrogens (tertiary/aromatic N) is 1. The molecule has 2 heteroatoms. The second-order valence-corrected chi connectivity index (χ2v) is 10.7. The van der Waals surface area contributed by atoms with Crippen LogP contribution in [0.1, 0.15) is 69.2 Å². The van der Waals surface area contributed by atoms with E-state index in [0.29, 0.717) is 6.04 Å². The molecule has 0 radical (unpaired) electrons. The number of para-hydroxylation sites is 1. The molecule has 0 fully saturated rings. The lowest BCUT2D eigenvalue weighted by atomic mass is 9.52. The predicted octanol–water partition coefficient (Wildman–Crippen LogP) is 7.32. The van der Waals surface area contributed by atoms with Crippen molar-refractivity contribution in [2.24, 2.45) is 5.41 Å². The molecule has 0 aliphatic carbocycles. The van der Waals surface area contributed by atoms with E-state index in [1.807, 2.05) is 11.3 Å². The van der Waals surface area contributed by atoms with Crippen LogP contribution in [0.4, 0.5) is 5.69 Å². The van der Waals surface area contributed by atoms with Crippen LogP contribution in [0.25, 0.3) is 10.1 Å². The van der Waals surface area contributed by atoms with Gasteiger partial charge >= 0.3 is 0 Å². The van der Waals surface area contributed by atoms with Crippen LogP contribution in [-0.2, 0) is 11.0 Å². The van der Waals surface area contributed by atoms with Gasteiger partial charge in [-0.05, 0) is 54.3 Å². The fraction of sp³-hybridized carbons (Fsp3) is 0.440. The first-order valence-corrected chi connectivity index (χ1v) is 10.9. The van der Waals surface area contributed by atoms with E-state index in [2.05, 4.69) is 95.8 Å². The topological polar surface area (TPSA) is 3.24 Å². The summed E-state index contributed by atoms with van der Waals surface area (Å²) in [6, 6.07) is 16.2. The lowest BCUT2D eigenvalue weighted by molar-refractivity contribution is 0.0672. The quantitative estimate of drug-likeness (QED) is 0.398. The van der Waals surface area contributed by atoms with Gasteiger partial charge in [-0.1, -0.05) is 64.1 Å². The van der Waals surface area contributed by atoms with E-state index < -0.39 is 0 Å². The molecular formula is C25H29NS. The fourth-order valence-electron chi connectivity index (χ4n) is 5.90. The Hall–Kier alpha value is -1.80. The number of anilines is 1. The minimum atomic E-state index is -0.0198. The van der Waals surface area contributed by atoms with Crippen LogP contribution < -0.4 is 4.90 Å². The van der Waals surface area contributed by atoms with Gasteiger partial charge in [-0.2, -0.15) is 0 Å². The monoisotopic (exact) mass is 375 g/mol. The smallest absolute Gasteiger partial charge is 0.0787 e. The van der Waals surface area contributed by atoms with Gasteiger partial charge in [-0.15, -0.1) is 11.3 Å². The zero-order chi connectivity index (χ0) is 19.4. The number of fused-ring (bicyclic) bond motifs is 7. The molecule has 2 aliphatic heterocycles. The summed E-state index contributed by atoms with van der Waals surface area (Å²) in [5.74, 6) is 0. The summed E-state index contributed by atoms with van der Waals surface area (Å²) in [6.07, 6.45) is 0. The van der Waals surface area contributed by atoms with Gasteiger partial charge in [0.1, 0.15) is 0 Å². The molecule has 1 aromatic heterocycles. The Morgan fingerprint density at radius 2 is 1.63 bits per heavy atom. The van der Waals surface area contributed by atoms with E-state index in [4.69, 9.17) is 0 Å². The van der Waals surface area contributed by atoms with Crippen LogP contribution in [-0.4, -0.2) is 0 Å². The molecule has 2 unspecified atom stereocenters. The van der Waals surface area contributed by atoms with Gasteiger partial charge in [-0.3, -0.25) is 0 Å². The second kappa shape index (κ2) is 4.97. The Kier molecular flexibility index (Phi) is 3.19. The third-order valence-electron chi connectivity index (χ3n) is 8.29. The van der Waals surface area contributed by atoms with Gasteiger partial charge in [0.2, 0.25) is 0 Å². The number of aryl methyl sites for hydroxylation is 1. The van der Waals surface area contributed by atoms with E-state index in [-0.39, 0.29) is 16.4 Å². The molecule has 0 spiro atoms. The van der Waals surface area contributed by atoms with E-state index in [1.165, 1.54) is 26.9 Å². The third kappa shape index (κ3) is 1.72. The van der Waals surface area contributed by atoms with Crippen molar-refractivity contribution >= 4 is 27.1 Å². The molecule has 0 saturated carbocycles. The van der Waals surface area contributed by atoms with Gasteiger partial charge in [0, 0.05) is 20.7 Å². The molecule has 1 nitrogen and oxygen atoms in total. The Bertz CT molecular complexity index is 1090. The van der Waals surface area contributed by atoms with Crippen molar-refractivity contribution in [1.29, 1.82) is 0 Å². The van der Waals surface area contributed by atoms with Crippen molar-refractivity contribution in [2.75, 3.05) is 4.90 Å². The Morgan fingerprint density at radius 3 is 2.37 bits per heavy atom. The summed E-state index contributed by atoms with van der Waals surface area (Å²) in [5, 5.41) is 1.45. The van der Waals surface area contributed by atoms with Crippen molar-refractivity contribution in [3.8, 4) is 0 Å². The van der Waals surface area contributed by atoms with Crippen molar-refractivity contribution in [2.45, 2.75) is 65.5 Å². The van der Waals surface area contributed by atoms with Crippen LogP contribution in [0.3, 0.4) is 0 Å². The van der Waals surface area contributed by atoms with Crippen molar-refractivity contribution in [3.05, 3.63) is 64.0 Å². The molecule has 2 aliphatic rings. The molecule has 0 saturated heterocycles. The average molecular weight is 376 g/mol. The Labute approximate surface area is 167 Å². The molecule has 0 bridgehead atoms. The highest BCUT2D eigenvalue weighted by Gasteiger charge is 2.64. The minimum absolute atomic E-state index is 0.0198. The van der Waals surface area contributed by atoms with Gasteiger partial charge in [-0.25, -0.2) is 0 Å². The summed E-state index contributed by atoms with van der Waals surface area (Å²) in [6.45, 7) is 17.1. The minimum Gasteiger partial charge on any atom is -0.353 e. The maximum absolute atomic E-state index is 2.76. The number of hydrogen-bond donors (Lipinski definition) is 0. The largest absolute Gasteiger partial charge is 0.353 e. The van der Waals surface area contributed by atoms with Gasteiger partial charge < -0.3 is 4.90 Å². The van der Waals surface area contributed by atoms with E-state index in [1.54, 1.807) is 10.4 Å². The highest BCUT2D eigenvalue weighted by atomic mass is 32.1. The first-order valence-electron chi connectivity index (χ1n) is 10.1. The molecule has 2 aromatic carbocycles. The van der Waals surface area contributed by atoms with Crippen molar-refractivity contribution in [1.82, 2.24) is 0 Å². The fourth-order valence-corrected chi connectivity index (χ4v) is 7.50. The molecular weight excluding hydrogens is 346 g/mol. The first kappa shape index (κ1) is 17.3. The summed E-state index contributed by atoms with van der Waals surface area (Å²) in [4.78, 5) is 4.33. The molecule has 3 heterocycles. The van der Waals surface area contributed by atoms with Crippen LogP contribution in [0, 0.1) is 12.3 Å². The lowest BCUT2D eigenvalue weighted by Gasteiger charge is -2.62. The lowest BCUT2D eigenvalue weighted by Crippen LogP contribution is -2.61. The highest BCUT2D eigenvalue weighted by molar-refractivity contribution is 7.19. The predicted molar refractivity (Wildman–Crippen MR) is 118 cm³/mol. The molecule has 0 amide bonds. The van der Waals surface area contributed by atoms with Crippen molar-refractivity contribution in [3.63, 3.8) is 0 Å². The average Bonchev–Trinajstić information content (AvgIpc) is 3.10. The molecule has 140 valence electrons. The summed E-state index contributed by atoms with van der Waals surface area (Å²) < 4.78 is 1.43. The van der Waals surface area contributed by atoms with Gasteiger partial charge in [0.15, 0.2) is 0 Å². The molecule has 0 N–H and O–H groups in total. The summed E-state index contributed by atoms with van der Waals surface area (Å²) >= 11 is 2.02. The summed E-state index contributed by atoms with van der Waals surface area (Å²) in [7, 11) is 0. The van der Waals surface area contributed by atoms with E-state index in [0.717, 1.165) is 0 Å². The molecule has 2 atom stereocenters.